The predicted molar refractivity (Wildman–Crippen MR) is 109 cm³/mol. The van der Waals surface area contributed by atoms with Gasteiger partial charge in [0.05, 0.1) is 18.0 Å². The lowest BCUT2D eigenvalue weighted by Gasteiger charge is -2.11. The van der Waals surface area contributed by atoms with Gasteiger partial charge >= 0.3 is 0 Å². The highest BCUT2D eigenvalue weighted by Gasteiger charge is 2.11. The molecule has 29 heavy (non-hydrogen) atoms. The van der Waals surface area contributed by atoms with Gasteiger partial charge in [-0.1, -0.05) is 12.1 Å². The van der Waals surface area contributed by atoms with E-state index in [1.54, 1.807) is 12.1 Å². The number of benzene rings is 2. The first-order chi connectivity index (χ1) is 14.0. The number of hydrogen-bond acceptors (Lipinski definition) is 6. The number of halogens is 1. The molecule has 0 saturated carbocycles. The van der Waals surface area contributed by atoms with E-state index in [0.717, 1.165) is 11.1 Å². The normalized spacial score (nSPS) is 10.9. The number of nitrogens with zero attached hydrogens (tertiary/aromatic N) is 3. The van der Waals surface area contributed by atoms with Gasteiger partial charge in [-0.2, -0.15) is 0 Å². The Morgan fingerprint density at radius 2 is 1.90 bits per heavy atom. The molecule has 0 amide bonds. The van der Waals surface area contributed by atoms with E-state index in [-0.39, 0.29) is 23.3 Å². The first kappa shape index (κ1) is 18.5. The molecule has 2 aromatic carbocycles. The van der Waals surface area contributed by atoms with E-state index in [1.165, 1.54) is 18.2 Å². The fraction of sp³-hybridized carbons (Fsp3) is 0.143. The fourth-order valence-corrected chi connectivity index (χ4v) is 3.00. The molecule has 146 valence electrons. The van der Waals surface area contributed by atoms with Crippen LogP contribution in [0.15, 0.2) is 53.3 Å². The molecule has 0 aliphatic rings. The Morgan fingerprint density at radius 1 is 1.10 bits per heavy atom. The van der Waals surface area contributed by atoms with Crippen molar-refractivity contribution in [2.24, 2.45) is 0 Å². The van der Waals surface area contributed by atoms with Gasteiger partial charge in [0.25, 0.3) is 5.56 Å². The maximum Gasteiger partial charge on any atom is 0.252 e. The fourth-order valence-electron chi connectivity index (χ4n) is 3.00. The Morgan fingerprint density at radius 3 is 2.66 bits per heavy atom. The number of nitrogens with one attached hydrogen (secondary N) is 2. The zero-order valence-corrected chi connectivity index (χ0v) is 15.9. The maximum absolute atomic E-state index is 13.2. The van der Waals surface area contributed by atoms with Crippen molar-refractivity contribution < 1.29 is 9.13 Å². The molecular weight excluding hydrogens is 373 g/mol. The van der Waals surface area contributed by atoms with Gasteiger partial charge in [-0.3, -0.25) is 15.1 Å². The Labute approximate surface area is 165 Å². The van der Waals surface area contributed by atoms with Crippen LogP contribution < -0.4 is 15.6 Å². The SMILES string of the molecule is CCOc1cccc2c(C)nc(Nc3nc(-c4ccc(F)cc4)cc(=O)[nH]3)nc12. The molecule has 0 aliphatic heterocycles. The van der Waals surface area contributed by atoms with Gasteiger partial charge in [0, 0.05) is 17.0 Å². The lowest BCUT2D eigenvalue weighted by Crippen LogP contribution is -2.12. The van der Waals surface area contributed by atoms with Crippen molar-refractivity contribution in [3.8, 4) is 17.0 Å². The van der Waals surface area contributed by atoms with Gasteiger partial charge in [-0.05, 0) is 44.2 Å². The van der Waals surface area contributed by atoms with Crippen molar-refractivity contribution in [3.05, 3.63) is 70.4 Å². The molecule has 4 aromatic rings. The van der Waals surface area contributed by atoms with Gasteiger partial charge in [0.2, 0.25) is 11.9 Å². The molecule has 0 saturated heterocycles. The molecule has 2 aromatic heterocycles. The summed E-state index contributed by atoms with van der Waals surface area (Å²) in [4.78, 5) is 28.1. The average Bonchev–Trinajstić information content (AvgIpc) is 2.69. The van der Waals surface area contributed by atoms with Gasteiger partial charge in [0.15, 0.2) is 0 Å². The van der Waals surface area contributed by atoms with E-state index in [0.29, 0.717) is 29.1 Å². The van der Waals surface area contributed by atoms with Crippen LogP contribution in [0.5, 0.6) is 5.75 Å². The first-order valence-electron chi connectivity index (χ1n) is 9.08. The van der Waals surface area contributed by atoms with Crippen LogP contribution in [0.4, 0.5) is 16.3 Å². The Kier molecular flexibility index (Phi) is 4.90. The summed E-state index contributed by atoms with van der Waals surface area (Å²) < 4.78 is 18.8. The van der Waals surface area contributed by atoms with Crippen LogP contribution in [-0.2, 0) is 0 Å². The molecule has 0 atom stereocenters. The largest absolute Gasteiger partial charge is 0.492 e. The second kappa shape index (κ2) is 7.67. The van der Waals surface area contributed by atoms with Crippen molar-refractivity contribution in [2.75, 3.05) is 11.9 Å². The second-order valence-electron chi connectivity index (χ2n) is 6.33. The highest BCUT2D eigenvalue weighted by molar-refractivity contribution is 5.87. The number of anilines is 2. The van der Waals surface area contributed by atoms with Gasteiger partial charge in [-0.25, -0.2) is 19.3 Å². The summed E-state index contributed by atoms with van der Waals surface area (Å²) >= 11 is 0. The standard InChI is InChI=1S/C21H18FN5O2/c1-3-29-17-6-4-5-15-12(2)23-20(26-19(15)17)27-21-24-16(11-18(28)25-21)13-7-9-14(22)10-8-13/h4-11H,3H2,1-2H3,(H2,23,24,25,26,27,28). The lowest BCUT2D eigenvalue weighted by molar-refractivity contribution is 0.343. The molecule has 2 N–H and O–H groups in total. The third-order valence-corrected chi connectivity index (χ3v) is 4.29. The minimum atomic E-state index is -0.359. The third-order valence-electron chi connectivity index (χ3n) is 4.29. The molecule has 8 heteroatoms. The van der Waals surface area contributed by atoms with Crippen LogP contribution in [0.1, 0.15) is 12.6 Å². The number of hydrogen-bond donors (Lipinski definition) is 2. The third kappa shape index (κ3) is 3.91. The van der Waals surface area contributed by atoms with Crippen LogP contribution in [0.2, 0.25) is 0 Å². The van der Waals surface area contributed by atoms with E-state index < -0.39 is 0 Å². The number of fused-ring (bicyclic) bond motifs is 1. The van der Waals surface area contributed by atoms with Crippen molar-refractivity contribution in [2.45, 2.75) is 13.8 Å². The number of para-hydroxylation sites is 1. The van der Waals surface area contributed by atoms with E-state index >= 15 is 0 Å². The van der Waals surface area contributed by atoms with E-state index in [1.807, 2.05) is 32.0 Å². The summed E-state index contributed by atoms with van der Waals surface area (Å²) in [6.45, 7) is 4.29. The van der Waals surface area contributed by atoms with Gasteiger partial charge < -0.3 is 4.74 Å². The van der Waals surface area contributed by atoms with E-state index in [9.17, 15) is 9.18 Å². The Bertz CT molecular complexity index is 1240. The molecule has 0 spiro atoms. The zero-order chi connectivity index (χ0) is 20.4. The van der Waals surface area contributed by atoms with Crippen molar-refractivity contribution >= 4 is 22.8 Å². The maximum atomic E-state index is 13.2. The summed E-state index contributed by atoms with van der Waals surface area (Å²) in [6, 6.07) is 12.8. The zero-order valence-electron chi connectivity index (χ0n) is 15.9. The molecule has 0 unspecified atom stereocenters. The van der Waals surface area contributed by atoms with Crippen molar-refractivity contribution in [1.29, 1.82) is 0 Å². The number of aryl methyl sites for hydroxylation is 1. The molecule has 0 radical (unpaired) electrons. The number of aromatic amines is 1. The van der Waals surface area contributed by atoms with Crippen LogP contribution in [0, 0.1) is 12.7 Å². The van der Waals surface area contributed by atoms with Crippen molar-refractivity contribution in [3.63, 3.8) is 0 Å². The summed E-state index contributed by atoms with van der Waals surface area (Å²) in [5, 5.41) is 3.83. The molecule has 0 fully saturated rings. The van der Waals surface area contributed by atoms with E-state index in [2.05, 4.69) is 25.3 Å². The molecule has 4 rings (SSSR count). The van der Waals surface area contributed by atoms with Crippen LogP contribution in [0.3, 0.4) is 0 Å². The van der Waals surface area contributed by atoms with Crippen molar-refractivity contribution in [1.82, 2.24) is 19.9 Å². The molecule has 2 heterocycles. The van der Waals surface area contributed by atoms with Crippen LogP contribution >= 0.6 is 0 Å². The van der Waals surface area contributed by atoms with Gasteiger partial charge in [-0.15, -0.1) is 0 Å². The quantitative estimate of drug-likeness (QED) is 0.535. The molecule has 7 nitrogen and oxygen atoms in total. The van der Waals surface area contributed by atoms with Gasteiger partial charge in [0.1, 0.15) is 17.1 Å². The first-order valence-corrected chi connectivity index (χ1v) is 9.08. The number of ether oxygens (including phenoxy) is 1. The minimum absolute atomic E-state index is 0.185. The average molecular weight is 391 g/mol. The minimum Gasteiger partial charge on any atom is -0.492 e. The van der Waals surface area contributed by atoms with Crippen LogP contribution in [0.25, 0.3) is 22.2 Å². The molecule has 0 bridgehead atoms. The summed E-state index contributed by atoms with van der Waals surface area (Å²) in [5.41, 5.74) is 2.10. The topological polar surface area (TPSA) is 92.8 Å². The Balaban J connectivity index is 1.74. The van der Waals surface area contributed by atoms with E-state index in [4.69, 9.17) is 4.74 Å². The predicted octanol–water partition coefficient (Wildman–Crippen LogP) is 3.97. The summed E-state index contributed by atoms with van der Waals surface area (Å²) in [7, 11) is 0. The second-order valence-corrected chi connectivity index (χ2v) is 6.33. The smallest absolute Gasteiger partial charge is 0.252 e. The molecular formula is C21H18FN5O2. The summed E-state index contributed by atoms with van der Waals surface area (Å²) in [5.74, 6) is 0.758. The summed E-state index contributed by atoms with van der Waals surface area (Å²) in [6.07, 6.45) is 0. The number of rotatable bonds is 5. The highest BCUT2D eigenvalue weighted by atomic mass is 19.1. The monoisotopic (exact) mass is 391 g/mol. The number of H-pyrrole nitrogens is 1. The Hall–Kier alpha value is -3.81. The number of aromatic nitrogens is 4. The van der Waals surface area contributed by atoms with Crippen LogP contribution in [-0.4, -0.2) is 26.5 Å². The molecule has 0 aliphatic carbocycles. The lowest BCUT2D eigenvalue weighted by atomic mass is 10.1. The highest BCUT2D eigenvalue weighted by Crippen LogP contribution is 2.27.